The SMILES string of the molecule is CCCSC1CC(C(C)(C)C)CCC1NC. The molecule has 1 aliphatic rings. The quantitative estimate of drug-likeness (QED) is 0.803. The van der Waals surface area contributed by atoms with Gasteiger partial charge in [0.15, 0.2) is 0 Å². The molecule has 0 saturated heterocycles. The van der Waals surface area contributed by atoms with Gasteiger partial charge in [-0.25, -0.2) is 0 Å². The summed E-state index contributed by atoms with van der Waals surface area (Å²) in [6, 6.07) is 0.746. The first-order valence-corrected chi connectivity index (χ1v) is 7.82. The summed E-state index contributed by atoms with van der Waals surface area (Å²) < 4.78 is 0. The molecule has 16 heavy (non-hydrogen) atoms. The van der Waals surface area contributed by atoms with E-state index in [0.717, 1.165) is 17.2 Å². The maximum atomic E-state index is 3.51. The Hall–Kier alpha value is 0.310. The smallest absolute Gasteiger partial charge is 0.0203 e. The third-order valence-corrected chi connectivity index (χ3v) is 5.52. The van der Waals surface area contributed by atoms with Crippen molar-refractivity contribution in [3.05, 3.63) is 0 Å². The first kappa shape index (κ1) is 14.4. The minimum Gasteiger partial charge on any atom is -0.316 e. The lowest BCUT2D eigenvalue weighted by Crippen LogP contribution is -2.43. The van der Waals surface area contributed by atoms with Gasteiger partial charge in [-0.2, -0.15) is 11.8 Å². The lowest BCUT2D eigenvalue weighted by molar-refractivity contribution is 0.167. The van der Waals surface area contributed by atoms with E-state index in [2.05, 4.69) is 51.8 Å². The van der Waals surface area contributed by atoms with Gasteiger partial charge in [-0.3, -0.25) is 0 Å². The largest absolute Gasteiger partial charge is 0.316 e. The van der Waals surface area contributed by atoms with Gasteiger partial charge in [0, 0.05) is 11.3 Å². The number of nitrogens with one attached hydrogen (secondary N) is 1. The van der Waals surface area contributed by atoms with E-state index < -0.39 is 0 Å². The van der Waals surface area contributed by atoms with Crippen LogP contribution in [0.4, 0.5) is 0 Å². The predicted octanol–water partition coefficient (Wildman–Crippen LogP) is 3.93. The Bertz CT molecular complexity index is 197. The lowest BCUT2D eigenvalue weighted by atomic mass is 9.71. The Morgan fingerprint density at radius 3 is 2.44 bits per heavy atom. The number of hydrogen-bond acceptors (Lipinski definition) is 2. The Labute approximate surface area is 106 Å². The molecule has 0 amide bonds. The van der Waals surface area contributed by atoms with Crippen LogP contribution < -0.4 is 5.32 Å². The zero-order valence-electron chi connectivity index (χ0n) is 11.7. The minimum absolute atomic E-state index is 0.490. The second-order valence-electron chi connectivity index (χ2n) is 6.18. The van der Waals surface area contributed by atoms with Crippen molar-refractivity contribution < 1.29 is 0 Å². The molecule has 1 N–H and O–H groups in total. The van der Waals surface area contributed by atoms with E-state index in [9.17, 15) is 0 Å². The molecular weight excluding hydrogens is 214 g/mol. The van der Waals surface area contributed by atoms with Crippen molar-refractivity contribution in [1.29, 1.82) is 0 Å². The van der Waals surface area contributed by atoms with Crippen LogP contribution in [0.3, 0.4) is 0 Å². The van der Waals surface area contributed by atoms with Crippen LogP contribution in [0.15, 0.2) is 0 Å². The summed E-state index contributed by atoms with van der Waals surface area (Å²) in [5.41, 5.74) is 0.490. The van der Waals surface area contributed by atoms with Crippen LogP contribution >= 0.6 is 11.8 Å². The van der Waals surface area contributed by atoms with Crippen LogP contribution in [0.2, 0.25) is 0 Å². The minimum atomic E-state index is 0.490. The molecule has 0 aliphatic heterocycles. The summed E-state index contributed by atoms with van der Waals surface area (Å²) in [4.78, 5) is 0. The monoisotopic (exact) mass is 243 g/mol. The molecule has 0 heterocycles. The van der Waals surface area contributed by atoms with Crippen molar-refractivity contribution in [2.24, 2.45) is 11.3 Å². The summed E-state index contributed by atoms with van der Waals surface area (Å²) in [5, 5.41) is 4.35. The van der Waals surface area contributed by atoms with E-state index >= 15 is 0 Å². The van der Waals surface area contributed by atoms with Crippen molar-refractivity contribution in [2.75, 3.05) is 12.8 Å². The van der Waals surface area contributed by atoms with Crippen LogP contribution in [-0.2, 0) is 0 Å². The Balaban J connectivity index is 2.54. The van der Waals surface area contributed by atoms with Gasteiger partial charge in [-0.1, -0.05) is 27.7 Å². The maximum Gasteiger partial charge on any atom is 0.0203 e. The fourth-order valence-corrected chi connectivity index (χ4v) is 4.11. The van der Waals surface area contributed by atoms with E-state index in [1.165, 1.54) is 31.4 Å². The molecule has 0 radical (unpaired) electrons. The zero-order chi connectivity index (χ0) is 12.2. The van der Waals surface area contributed by atoms with Gasteiger partial charge >= 0.3 is 0 Å². The topological polar surface area (TPSA) is 12.0 Å². The van der Waals surface area contributed by atoms with Gasteiger partial charge in [0.1, 0.15) is 0 Å². The normalized spacial score (nSPS) is 31.7. The molecule has 0 aromatic rings. The van der Waals surface area contributed by atoms with Crippen molar-refractivity contribution in [2.45, 2.75) is 64.7 Å². The van der Waals surface area contributed by atoms with Gasteiger partial charge in [0.05, 0.1) is 0 Å². The van der Waals surface area contributed by atoms with Gasteiger partial charge in [-0.15, -0.1) is 0 Å². The Kier molecular flexibility index (Phi) is 5.66. The molecule has 3 atom stereocenters. The summed E-state index contributed by atoms with van der Waals surface area (Å²) in [6.45, 7) is 9.49. The Morgan fingerprint density at radius 1 is 1.25 bits per heavy atom. The number of hydrogen-bond donors (Lipinski definition) is 1. The number of thioether (sulfide) groups is 1. The van der Waals surface area contributed by atoms with Crippen molar-refractivity contribution in [1.82, 2.24) is 5.32 Å². The summed E-state index contributed by atoms with van der Waals surface area (Å²) in [5.74, 6) is 2.23. The molecule has 1 aliphatic carbocycles. The van der Waals surface area contributed by atoms with Gasteiger partial charge in [0.25, 0.3) is 0 Å². The van der Waals surface area contributed by atoms with Gasteiger partial charge < -0.3 is 5.32 Å². The highest BCUT2D eigenvalue weighted by molar-refractivity contribution is 7.99. The molecule has 0 spiro atoms. The van der Waals surface area contributed by atoms with Crippen LogP contribution in [0.25, 0.3) is 0 Å². The summed E-state index contributed by atoms with van der Waals surface area (Å²) in [7, 11) is 2.13. The molecule has 1 fully saturated rings. The van der Waals surface area contributed by atoms with E-state index in [1.54, 1.807) is 0 Å². The number of rotatable bonds is 4. The first-order chi connectivity index (χ1) is 7.49. The van der Waals surface area contributed by atoms with E-state index in [4.69, 9.17) is 0 Å². The van der Waals surface area contributed by atoms with Crippen molar-refractivity contribution >= 4 is 11.8 Å². The standard InChI is InChI=1S/C14H29NS/c1-6-9-16-13-10-11(14(2,3)4)7-8-12(13)15-5/h11-13,15H,6-10H2,1-5H3. The fraction of sp³-hybridized carbons (Fsp3) is 1.00. The molecule has 3 unspecified atom stereocenters. The first-order valence-electron chi connectivity index (χ1n) is 6.78. The summed E-state index contributed by atoms with van der Waals surface area (Å²) in [6.07, 6.45) is 5.47. The van der Waals surface area contributed by atoms with Crippen molar-refractivity contribution in [3.8, 4) is 0 Å². The molecular formula is C14H29NS. The molecule has 0 aromatic heterocycles. The molecule has 2 heteroatoms. The predicted molar refractivity (Wildman–Crippen MR) is 76.2 cm³/mol. The average Bonchev–Trinajstić information content (AvgIpc) is 2.24. The second-order valence-corrected chi connectivity index (χ2v) is 7.53. The molecule has 0 aromatic carbocycles. The molecule has 96 valence electrons. The van der Waals surface area contributed by atoms with Crippen LogP contribution in [0, 0.1) is 11.3 Å². The average molecular weight is 243 g/mol. The van der Waals surface area contributed by atoms with Crippen LogP contribution in [-0.4, -0.2) is 24.1 Å². The third kappa shape index (κ3) is 3.96. The van der Waals surface area contributed by atoms with Crippen molar-refractivity contribution in [3.63, 3.8) is 0 Å². The highest BCUT2D eigenvalue weighted by Gasteiger charge is 2.35. The highest BCUT2D eigenvalue weighted by Crippen LogP contribution is 2.41. The van der Waals surface area contributed by atoms with Crippen LogP contribution in [0.5, 0.6) is 0 Å². The van der Waals surface area contributed by atoms with Crippen LogP contribution in [0.1, 0.15) is 53.4 Å². The fourth-order valence-electron chi connectivity index (χ4n) is 2.70. The van der Waals surface area contributed by atoms with Gasteiger partial charge in [0.2, 0.25) is 0 Å². The van der Waals surface area contributed by atoms with E-state index in [0.29, 0.717) is 5.41 Å². The van der Waals surface area contributed by atoms with E-state index in [1.807, 2.05) is 0 Å². The van der Waals surface area contributed by atoms with Gasteiger partial charge in [-0.05, 0) is 49.8 Å². The lowest BCUT2D eigenvalue weighted by Gasteiger charge is -2.41. The third-order valence-electron chi connectivity index (χ3n) is 3.92. The highest BCUT2D eigenvalue weighted by atomic mass is 32.2. The Morgan fingerprint density at radius 2 is 1.94 bits per heavy atom. The second kappa shape index (κ2) is 6.30. The zero-order valence-corrected chi connectivity index (χ0v) is 12.5. The maximum absolute atomic E-state index is 3.51. The summed E-state index contributed by atoms with van der Waals surface area (Å²) >= 11 is 2.19. The molecule has 1 saturated carbocycles. The van der Waals surface area contributed by atoms with E-state index in [-0.39, 0.29) is 0 Å². The molecule has 0 bridgehead atoms. The molecule has 1 rings (SSSR count). The molecule has 1 nitrogen and oxygen atoms in total.